The third-order valence-corrected chi connectivity index (χ3v) is 1.21. The van der Waals surface area contributed by atoms with Crippen molar-refractivity contribution < 1.29 is 4.74 Å². The van der Waals surface area contributed by atoms with Gasteiger partial charge in [-0.25, -0.2) is 0 Å². The summed E-state index contributed by atoms with van der Waals surface area (Å²) in [6.45, 7) is 8.51. The Labute approximate surface area is 63.1 Å². The van der Waals surface area contributed by atoms with Crippen LogP contribution in [0.15, 0.2) is 12.5 Å². The Morgan fingerprint density at radius 2 is 2.20 bits per heavy atom. The number of hydrogen-bond acceptors (Lipinski definition) is 2. The number of ether oxygens (including phenoxy) is 1. The second kappa shape index (κ2) is 5.15. The Kier molecular flexibility index (Phi) is 4.81. The molecule has 0 spiro atoms. The maximum atomic E-state index is 5.19. The molecule has 0 aliphatic carbocycles. The van der Waals surface area contributed by atoms with Gasteiger partial charge in [-0.05, 0) is 25.3 Å². The van der Waals surface area contributed by atoms with Gasteiger partial charge in [0.2, 0.25) is 0 Å². The van der Waals surface area contributed by atoms with E-state index in [1.165, 1.54) is 6.42 Å². The van der Waals surface area contributed by atoms with E-state index >= 15 is 0 Å². The van der Waals surface area contributed by atoms with Gasteiger partial charge in [0.1, 0.15) is 0 Å². The van der Waals surface area contributed by atoms with Crippen molar-refractivity contribution in [1.82, 2.24) is 0 Å². The van der Waals surface area contributed by atoms with Crippen molar-refractivity contribution in [1.29, 1.82) is 0 Å². The fourth-order valence-corrected chi connectivity index (χ4v) is 0.695. The van der Waals surface area contributed by atoms with Crippen molar-refractivity contribution in [3.05, 3.63) is 12.5 Å². The molecule has 0 fully saturated rings. The maximum Gasteiger partial charge on any atom is 0.176 e. The fraction of sp³-hybridized carbons (Fsp3) is 0.750. The van der Waals surface area contributed by atoms with Gasteiger partial charge >= 0.3 is 0 Å². The predicted octanol–water partition coefficient (Wildman–Crippen LogP) is 1.87. The van der Waals surface area contributed by atoms with Gasteiger partial charge in [0.05, 0.1) is 6.61 Å². The summed E-state index contributed by atoms with van der Waals surface area (Å²) >= 11 is 0. The SMILES string of the molecule is C=C(N)OCCCC(C)C. The molecule has 0 saturated carbocycles. The lowest BCUT2D eigenvalue weighted by Crippen LogP contribution is -2.02. The molecule has 10 heavy (non-hydrogen) atoms. The zero-order chi connectivity index (χ0) is 7.98. The van der Waals surface area contributed by atoms with Crippen LogP contribution in [-0.2, 0) is 4.74 Å². The highest BCUT2D eigenvalue weighted by Crippen LogP contribution is 2.03. The molecule has 0 rings (SSSR count). The van der Waals surface area contributed by atoms with Crippen molar-refractivity contribution in [2.75, 3.05) is 6.61 Å². The van der Waals surface area contributed by atoms with Crippen molar-refractivity contribution in [3.63, 3.8) is 0 Å². The first kappa shape index (κ1) is 9.34. The summed E-state index contributed by atoms with van der Waals surface area (Å²) in [7, 11) is 0. The van der Waals surface area contributed by atoms with Crippen LogP contribution < -0.4 is 5.73 Å². The van der Waals surface area contributed by atoms with E-state index in [9.17, 15) is 0 Å². The molecule has 2 N–H and O–H groups in total. The molecule has 0 aromatic rings. The molecular formula is C8H17NO. The Balaban J connectivity index is 2.98. The minimum absolute atomic E-state index is 0.323. The van der Waals surface area contributed by atoms with E-state index in [4.69, 9.17) is 10.5 Å². The number of hydrogen-bond donors (Lipinski definition) is 1. The molecule has 0 bridgehead atoms. The van der Waals surface area contributed by atoms with E-state index in [0.29, 0.717) is 12.5 Å². The highest BCUT2D eigenvalue weighted by Gasteiger charge is 1.93. The lowest BCUT2D eigenvalue weighted by molar-refractivity contribution is 0.200. The second-order valence-corrected chi connectivity index (χ2v) is 2.85. The summed E-state index contributed by atoms with van der Waals surface area (Å²) in [5.74, 6) is 1.07. The molecule has 0 heterocycles. The van der Waals surface area contributed by atoms with E-state index in [0.717, 1.165) is 12.3 Å². The van der Waals surface area contributed by atoms with Crippen molar-refractivity contribution >= 4 is 0 Å². The van der Waals surface area contributed by atoms with Gasteiger partial charge in [-0.1, -0.05) is 13.8 Å². The van der Waals surface area contributed by atoms with Crippen LogP contribution in [0.25, 0.3) is 0 Å². The Morgan fingerprint density at radius 1 is 1.60 bits per heavy atom. The van der Waals surface area contributed by atoms with Crippen molar-refractivity contribution in [3.8, 4) is 0 Å². The fourth-order valence-electron chi connectivity index (χ4n) is 0.695. The molecular weight excluding hydrogens is 126 g/mol. The van der Waals surface area contributed by atoms with Crippen LogP contribution in [0.1, 0.15) is 26.7 Å². The highest BCUT2D eigenvalue weighted by molar-refractivity contribution is 4.70. The van der Waals surface area contributed by atoms with Gasteiger partial charge < -0.3 is 10.5 Å². The summed E-state index contributed by atoms with van der Waals surface area (Å²) in [5, 5.41) is 0. The summed E-state index contributed by atoms with van der Waals surface area (Å²) in [6.07, 6.45) is 2.25. The molecule has 0 radical (unpaired) electrons. The third-order valence-electron chi connectivity index (χ3n) is 1.21. The van der Waals surface area contributed by atoms with Crippen LogP contribution in [0, 0.1) is 5.92 Å². The molecule has 0 aliphatic heterocycles. The third kappa shape index (κ3) is 7.34. The molecule has 2 heteroatoms. The zero-order valence-corrected chi connectivity index (χ0v) is 6.89. The summed E-state index contributed by atoms with van der Waals surface area (Å²) in [6, 6.07) is 0. The van der Waals surface area contributed by atoms with Crippen LogP contribution in [0.3, 0.4) is 0 Å². The summed E-state index contributed by atoms with van der Waals surface area (Å²) in [5.41, 5.74) is 5.19. The molecule has 0 saturated heterocycles. The van der Waals surface area contributed by atoms with Gasteiger partial charge in [0, 0.05) is 0 Å². The summed E-state index contributed by atoms with van der Waals surface area (Å²) in [4.78, 5) is 0. The minimum atomic E-state index is 0.323. The minimum Gasteiger partial charge on any atom is -0.480 e. The van der Waals surface area contributed by atoms with Crippen LogP contribution in [-0.4, -0.2) is 6.61 Å². The first-order chi connectivity index (χ1) is 4.63. The normalized spacial score (nSPS) is 9.90. The standard InChI is InChI=1S/C8H17NO/c1-7(2)5-4-6-10-8(3)9/h7H,3-6,9H2,1-2H3. The van der Waals surface area contributed by atoms with Crippen LogP contribution in [0.2, 0.25) is 0 Å². The smallest absolute Gasteiger partial charge is 0.176 e. The van der Waals surface area contributed by atoms with E-state index in [2.05, 4.69) is 20.4 Å². The summed E-state index contributed by atoms with van der Waals surface area (Å²) < 4.78 is 4.98. The largest absolute Gasteiger partial charge is 0.480 e. The molecule has 2 nitrogen and oxygen atoms in total. The van der Waals surface area contributed by atoms with Crippen LogP contribution >= 0.6 is 0 Å². The zero-order valence-electron chi connectivity index (χ0n) is 6.89. The molecule has 0 amide bonds. The maximum absolute atomic E-state index is 5.19. The predicted molar refractivity (Wildman–Crippen MR) is 43.4 cm³/mol. The first-order valence-electron chi connectivity index (χ1n) is 3.70. The van der Waals surface area contributed by atoms with Crippen molar-refractivity contribution in [2.24, 2.45) is 11.7 Å². The average Bonchev–Trinajstić information content (AvgIpc) is 1.79. The number of rotatable bonds is 5. The first-order valence-corrected chi connectivity index (χ1v) is 3.70. The molecule has 0 unspecified atom stereocenters. The highest BCUT2D eigenvalue weighted by atomic mass is 16.5. The monoisotopic (exact) mass is 143 g/mol. The topological polar surface area (TPSA) is 35.2 Å². The molecule has 60 valence electrons. The lowest BCUT2D eigenvalue weighted by Gasteiger charge is -2.05. The number of nitrogens with two attached hydrogens (primary N) is 1. The average molecular weight is 143 g/mol. The molecule has 0 aromatic carbocycles. The lowest BCUT2D eigenvalue weighted by atomic mass is 10.1. The van der Waals surface area contributed by atoms with Gasteiger partial charge in [-0.15, -0.1) is 0 Å². The van der Waals surface area contributed by atoms with Crippen LogP contribution in [0.5, 0.6) is 0 Å². The molecule has 0 atom stereocenters. The van der Waals surface area contributed by atoms with Gasteiger partial charge in [-0.2, -0.15) is 0 Å². The van der Waals surface area contributed by atoms with Gasteiger partial charge in [0.15, 0.2) is 5.88 Å². The van der Waals surface area contributed by atoms with E-state index in [-0.39, 0.29) is 0 Å². The van der Waals surface area contributed by atoms with Gasteiger partial charge in [-0.3, -0.25) is 0 Å². The van der Waals surface area contributed by atoms with E-state index < -0.39 is 0 Å². The quantitative estimate of drug-likeness (QED) is 0.471. The van der Waals surface area contributed by atoms with E-state index in [1.807, 2.05) is 0 Å². The Hall–Kier alpha value is -0.660. The Morgan fingerprint density at radius 3 is 2.60 bits per heavy atom. The molecule has 0 aromatic heterocycles. The molecule has 0 aliphatic rings. The second-order valence-electron chi connectivity index (χ2n) is 2.85. The van der Waals surface area contributed by atoms with Gasteiger partial charge in [0.25, 0.3) is 0 Å². The Bertz CT molecular complexity index is 99.4. The van der Waals surface area contributed by atoms with Crippen molar-refractivity contribution in [2.45, 2.75) is 26.7 Å². The van der Waals surface area contributed by atoms with E-state index in [1.54, 1.807) is 0 Å². The van der Waals surface area contributed by atoms with Crippen LogP contribution in [0.4, 0.5) is 0 Å².